The van der Waals surface area contributed by atoms with Crippen LogP contribution >= 0.6 is 0 Å². The van der Waals surface area contributed by atoms with Gasteiger partial charge in [-0.1, -0.05) is 0 Å². The first-order valence-corrected chi connectivity index (χ1v) is 4.20. The molecule has 0 spiro atoms. The number of rotatable bonds is 2. The zero-order valence-electron chi connectivity index (χ0n) is 7.30. The number of hydrogen-bond donors (Lipinski definition) is 1. The van der Waals surface area contributed by atoms with Gasteiger partial charge in [0.2, 0.25) is 0 Å². The van der Waals surface area contributed by atoms with E-state index in [4.69, 9.17) is 5.73 Å². The van der Waals surface area contributed by atoms with Crippen molar-refractivity contribution in [1.82, 2.24) is 9.78 Å². The topological polar surface area (TPSA) is 43.8 Å². The first kappa shape index (κ1) is 8.62. The highest BCUT2D eigenvalue weighted by Gasteiger charge is 2.71. The Morgan fingerprint density at radius 3 is 2.69 bits per heavy atom. The van der Waals surface area contributed by atoms with E-state index in [0.717, 1.165) is 0 Å². The Hall–Kier alpha value is -0.970. The van der Waals surface area contributed by atoms with Gasteiger partial charge in [0.15, 0.2) is 0 Å². The van der Waals surface area contributed by atoms with E-state index in [1.54, 1.807) is 16.9 Å². The first-order chi connectivity index (χ1) is 5.99. The molecule has 0 aliphatic heterocycles. The summed E-state index contributed by atoms with van der Waals surface area (Å²) < 4.78 is 27.2. The Morgan fingerprint density at radius 2 is 2.31 bits per heavy atom. The first-order valence-electron chi connectivity index (χ1n) is 4.20. The van der Waals surface area contributed by atoms with Gasteiger partial charge >= 0.3 is 0 Å². The van der Waals surface area contributed by atoms with E-state index in [9.17, 15) is 8.78 Å². The average molecular weight is 187 g/mol. The maximum absolute atomic E-state index is 12.8. The molecule has 0 amide bonds. The zero-order valence-corrected chi connectivity index (χ0v) is 7.30. The van der Waals surface area contributed by atoms with Crippen LogP contribution in [-0.4, -0.2) is 15.7 Å². The summed E-state index contributed by atoms with van der Waals surface area (Å²) in [6.07, 6.45) is 1.37. The Morgan fingerprint density at radius 1 is 1.69 bits per heavy atom. The summed E-state index contributed by atoms with van der Waals surface area (Å²) in [5, 5.41) is 3.97. The van der Waals surface area contributed by atoms with Gasteiger partial charge in [0.25, 0.3) is 5.92 Å². The molecule has 1 aromatic heterocycles. The van der Waals surface area contributed by atoms with Gasteiger partial charge in [-0.15, -0.1) is 0 Å². The molecule has 3 nitrogen and oxygen atoms in total. The molecular formula is C8H11F2N3. The zero-order chi connectivity index (χ0) is 9.69. The van der Waals surface area contributed by atoms with Gasteiger partial charge in [-0.05, 0) is 13.0 Å². The average Bonchev–Trinajstić information content (AvgIpc) is 2.53. The molecule has 1 unspecified atom stereocenters. The molecule has 0 radical (unpaired) electrons. The maximum atomic E-state index is 12.8. The minimum Gasteiger partial charge on any atom is -0.315 e. The number of halogens is 2. The van der Waals surface area contributed by atoms with Gasteiger partial charge in [-0.25, -0.2) is 8.78 Å². The van der Waals surface area contributed by atoms with E-state index >= 15 is 0 Å². The molecule has 2 rings (SSSR count). The van der Waals surface area contributed by atoms with Crippen molar-refractivity contribution in [3.63, 3.8) is 0 Å². The minimum atomic E-state index is -2.78. The van der Waals surface area contributed by atoms with Gasteiger partial charge < -0.3 is 5.73 Å². The molecular weight excluding hydrogens is 176 g/mol. The molecule has 2 N–H and O–H groups in total. The van der Waals surface area contributed by atoms with Gasteiger partial charge in [-0.3, -0.25) is 4.68 Å². The van der Waals surface area contributed by atoms with Gasteiger partial charge in [-0.2, -0.15) is 5.10 Å². The lowest BCUT2D eigenvalue weighted by Gasteiger charge is -2.05. The van der Waals surface area contributed by atoms with Crippen LogP contribution in [0.15, 0.2) is 12.3 Å². The lowest BCUT2D eigenvalue weighted by atomic mass is 10.2. The number of nitrogens with zero attached hydrogens (tertiary/aromatic N) is 2. The monoisotopic (exact) mass is 187 g/mol. The third-order valence-electron chi connectivity index (χ3n) is 2.45. The summed E-state index contributed by atoms with van der Waals surface area (Å²) in [6.45, 7) is 2.56. The fraction of sp³-hybridized carbons (Fsp3) is 0.625. The summed E-state index contributed by atoms with van der Waals surface area (Å²) >= 11 is 0. The van der Waals surface area contributed by atoms with Crippen LogP contribution in [0.2, 0.25) is 0 Å². The molecule has 5 heteroatoms. The Kier molecular flexibility index (Phi) is 1.52. The predicted molar refractivity (Wildman–Crippen MR) is 43.3 cm³/mol. The Bertz CT molecular complexity index is 334. The van der Waals surface area contributed by atoms with Crippen molar-refractivity contribution in [3.8, 4) is 0 Å². The van der Waals surface area contributed by atoms with Crippen molar-refractivity contribution < 1.29 is 8.78 Å². The van der Waals surface area contributed by atoms with Crippen LogP contribution in [0.1, 0.15) is 19.0 Å². The molecule has 1 atom stereocenters. The molecule has 72 valence electrons. The highest BCUT2D eigenvalue weighted by Crippen LogP contribution is 2.56. The normalized spacial score (nSPS) is 30.5. The molecule has 0 saturated heterocycles. The number of hydrogen-bond acceptors (Lipinski definition) is 2. The lowest BCUT2D eigenvalue weighted by molar-refractivity contribution is 0.0879. The van der Waals surface area contributed by atoms with Crippen LogP contribution in [0.5, 0.6) is 0 Å². The van der Waals surface area contributed by atoms with E-state index in [0.29, 0.717) is 12.2 Å². The Labute approximate surface area is 74.5 Å². The van der Waals surface area contributed by atoms with Crippen molar-refractivity contribution in [2.45, 2.75) is 31.4 Å². The highest BCUT2D eigenvalue weighted by molar-refractivity contribution is 5.29. The molecule has 1 heterocycles. The van der Waals surface area contributed by atoms with E-state index in [-0.39, 0.29) is 6.42 Å². The van der Waals surface area contributed by atoms with Gasteiger partial charge in [0.1, 0.15) is 5.54 Å². The fourth-order valence-corrected chi connectivity index (χ4v) is 1.36. The second kappa shape index (κ2) is 2.29. The SMILES string of the molecule is CCn1ccc(C2(N)CC2(F)F)n1. The van der Waals surface area contributed by atoms with Crippen LogP contribution in [0.3, 0.4) is 0 Å². The molecule has 1 aliphatic carbocycles. The quantitative estimate of drug-likeness (QED) is 0.753. The largest absolute Gasteiger partial charge is 0.315 e. The van der Waals surface area contributed by atoms with Crippen molar-refractivity contribution in [1.29, 1.82) is 0 Å². The van der Waals surface area contributed by atoms with Gasteiger partial charge in [0.05, 0.1) is 5.69 Å². The molecule has 0 aromatic carbocycles. The van der Waals surface area contributed by atoms with Crippen molar-refractivity contribution in [3.05, 3.63) is 18.0 Å². The fourth-order valence-electron chi connectivity index (χ4n) is 1.36. The van der Waals surface area contributed by atoms with Crippen molar-refractivity contribution >= 4 is 0 Å². The van der Waals surface area contributed by atoms with E-state index in [1.807, 2.05) is 6.92 Å². The third-order valence-corrected chi connectivity index (χ3v) is 2.45. The summed E-state index contributed by atoms with van der Waals surface area (Å²) in [7, 11) is 0. The Balaban J connectivity index is 2.28. The van der Waals surface area contributed by atoms with E-state index in [2.05, 4.69) is 5.10 Å². The summed E-state index contributed by atoms with van der Waals surface area (Å²) in [5.41, 5.74) is 4.27. The van der Waals surface area contributed by atoms with Crippen molar-refractivity contribution in [2.24, 2.45) is 5.73 Å². The molecule has 1 aliphatic rings. The highest BCUT2D eigenvalue weighted by atomic mass is 19.3. The number of aryl methyl sites for hydroxylation is 1. The van der Waals surface area contributed by atoms with Crippen molar-refractivity contribution in [2.75, 3.05) is 0 Å². The number of alkyl halides is 2. The van der Waals surface area contributed by atoms with E-state index < -0.39 is 11.5 Å². The lowest BCUT2D eigenvalue weighted by Crippen LogP contribution is -2.27. The predicted octanol–water partition coefficient (Wildman–Crippen LogP) is 1.10. The molecule has 1 saturated carbocycles. The van der Waals surface area contributed by atoms with E-state index in [1.165, 1.54) is 0 Å². The summed E-state index contributed by atoms with van der Waals surface area (Å²) in [5.74, 6) is -2.78. The molecule has 13 heavy (non-hydrogen) atoms. The molecule has 0 bridgehead atoms. The van der Waals surface area contributed by atoms with Gasteiger partial charge in [0, 0.05) is 19.2 Å². The summed E-state index contributed by atoms with van der Waals surface area (Å²) in [6, 6.07) is 1.56. The van der Waals surface area contributed by atoms with Crippen LogP contribution in [0.4, 0.5) is 8.78 Å². The number of aromatic nitrogens is 2. The third kappa shape index (κ3) is 1.07. The molecule has 1 fully saturated rings. The second-order valence-electron chi connectivity index (χ2n) is 3.41. The summed E-state index contributed by atoms with van der Waals surface area (Å²) in [4.78, 5) is 0. The van der Waals surface area contributed by atoms with Crippen LogP contribution in [0, 0.1) is 0 Å². The maximum Gasteiger partial charge on any atom is 0.274 e. The second-order valence-corrected chi connectivity index (χ2v) is 3.41. The number of nitrogens with two attached hydrogens (primary N) is 1. The minimum absolute atomic E-state index is 0.291. The van der Waals surface area contributed by atoms with Crippen LogP contribution in [0.25, 0.3) is 0 Å². The van der Waals surface area contributed by atoms with Crippen LogP contribution in [-0.2, 0) is 12.1 Å². The smallest absolute Gasteiger partial charge is 0.274 e. The molecule has 1 aromatic rings. The van der Waals surface area contributed by atoms with Crippen LogP contribution < -0.4 is 5.73 Å². The standard InChI is InChI=1S/C8H11F2N3/c1-2-13-4-3-6(12-13)7(11)5-8(7,9)10/h3-4H,2,5,11H2,1H3.